The van der Waals surface area contributed by atoms with E-state index in [-0.39, 0.29) is 11.6 Å². The second-order valence-corrected chi connectivity index (χ2v) is 7.29. The van der Waals surface area contributed by atoms with Crippen molar-refractivity contribution in [3.63, 3.8) is 0 Å². The van der Waals surface area contributed by atoms with E-state index in [4.69, 9.17) is 10.7 Å². The molecule has 0 aliphatic carbocycles. The maximum atomic E-state index is 11.5. The van der Waals surface area contributed by atoms with E-state index in [1.165, 1.54) is 6.20 Å². The first kappa shape index (κ1) is 14.7. The highest BCUT2D eigenvalue weighted by Gasteiger charge is 2.11. The number of benzene rings is 1. The molecule has 0 saturated carbocycles. The Kier molecular flexibility index (Phi) is 3.92. The molecule has 2 N–H and O–H groups in total. The molecule has 0 bridgehead atoms. The van der Waals surface area contributed by atoms with Gasteiger partial charge in [-0.05, 0) is 36.6 Å². The van der Waals surface area contributed by atoms with Gasteiger partial charge in [-0.1, -0.05) is 6.07 Å². The Labute approximate surface area is 120 Å². The Morgan fingerprint density at radius 1 is 1.40 bits per heavy atom. The molecular formula is C12H13ClN2O4S. The summed E-state index contributed by atoms with van der Waals surface area (Å²) in [5.41, 5.74) is 1.69. The van der Waals surface area contributed by atoms with Crippen molar-refractivity contribution in [3.05, 3.63) is 46.0 Å². The monoisotopic (exact) mass is 316 g/mol. The topological polar surface area (TPSA) is 92.2 Å². The molecule has 2 aromatic rings. The van der Waals surface area contributed by atoms with Gasteiger partial charge in [0.05, 0.1) is 17.6 Å². The molecule has 20 heavy (non-hydrogen) atoms. The number of hydrogen-bond acceptors (Lipinski definition) is 4. The SMILES string of the molecule is Cc1cc(-n2c(O)c[nH]c2=O)ccc1CCS(=O)(=O)Cl. The summed E-state index contributed by atoms with van der Waals surface area (Å²) >= 11 is 0. The van der Waals surface area contributed by atoms with Gasteiger partial charge in [-0.15, -0.1) is 0 Å². The molecule has 0 unspecified atom stereocenters. The molecule has 0 saturated heterocycles. The normalized spacial score (nSPS) is 11.7. The number of aromatic nitrogens is 2. The molecule has 0 amide bonds. The molecule has 1 aromatic carbocycles. The van der Waals surface area contributed by atoms with Crippen LogP contribution in [0.5, 0.6) is 5.88 Å². The molecule has 108 valence electrons. The van der Waals surface area contributed by atoms with E-state index in [0.29, 0.717) is 12.1 Å². The highest BCUT2D eigenvalue weighted by atomic mass is 35.7. The number of rotatable bonds is 4. The predicted molar refractivity (Wildman–Crippen MR) is 76.1 cm³/mol. The molecule has 0 aliphatic rings. The van der Waals surface area contributed by atoms with E-state index in [1.54, 1.807) is 25.1 Å². The number of nitrogens with zero attached hydrogens (tertiary/aromatic N) is 1. The summed E-state index contributed by atoms with van der Waals surface area (Å²) < 4.78 is 23.0. The van der Waals surface area contributed by atoms with Crippen molar-refractivity contribution in [2.24, 2.45) is 0 Å². The Morgan fingerprint density at radius 2 is 2.10 bits per heavy atom. The molecule has 0 spiro atoms. The first-order valence-corrected chi connectivity index (χ1v) is 8.27. The lowest BCUT2D eigenvalue weighted by atomic mass is 10.1. The van der Waals surface area contributed by atoms with Gasteiger partial charge in [-0.3, -0.25) is 0 Å². The average Bonchev–Trinajstić information content (AvgIpc) is 2.66. The summed E-state index contributed by atoms with van der Waals surface area (Å²) in [6.45, 7) is 1.80. The smallest absolute Gasteiger partial charge is 0.333 e. The van der Waals surface area contributed by atoms with Crippen LogP contribution in [0, 0.1) is 6.92 Å². The summed E-state index contributed by atoms with van der Waals surface area (Å²) in [5.74, 6) is -0.338. The summed E-state index contributed by atoms with van der Waals surface area (Å²) in [7, 11) is 1.65. The molecular weight excluding hydrogens is 304 g/mol. The standard InChI is InChI=1S/C12H13ClN2O4S/c1-8-6-10(15-11(16)7-14-12(15)17)3-2-9(8)4-5-20(13,18)19/h2-3,6-7,16H,4-5H2,1H3,(H,14,17). The van der Waals surface area contributed by atoms with Crippen LogP contribution in [0.25, 0.3) is 5.69 Å². The van der Waals surface area contributed by atoms with E-state index < -0.39 is 14.7 Å². The van der Waals surface area contributed by atoms with Crippen LogP contribution in [-0.4, -0.2) is 28.8 Å². The van der Waals surface area contributed by atoms with E-state index in [9.17, 15) is 18.3 Å². The molecule has 1 heterocycles. The van der Waals surface area contributed by atoms with Crippen molar-refractivity contribution in [1.82, 2.24) is 9.55 Å². The lowest BCUT2D eigenvalue weighted by molar-refractivity contribution is 0.441. The number of aromatic hydroxyl groups is 1. The number of hydrogen-bond donors (Lipinski definition) is 2. The molecule has 8 heteroatoms. The average molecular weight is 317 g/mol. The van der Waals surface area contributed by atoms with Gasteiger partial charge < -0.3 is 10.1 Å². The van der Waals surface area contributed by atoms with E-state index in [0.717, 1.165) is 15.7 Å². The summed E-state index contributed by atoms with van der Waals surface area (Å²) in [6.07, 6.45) is 1.50. The molecule has 1 aromatic heterocycles. The van der Waals surface area contributed by atoms with Crippen molar-refractivity contribution < 1.29 is 13.5 Å². The fourth-order valence-corrected chi connectivity index (χ4v) is 2.64. The van der Waals surface area contributed by atoms with Crippen molar-refractivity contribution >= 4 is 19.7 Å². The summed E-state index contributed by atoms with van der Waals surface area (Å²) in [5, 5.41) is 9.59. The number of imidazole rings is 1. The van der Waals surface area contributed by atoms with Gasteiger partial charge >= 0.3 is 5.69 Å². The van der Waals surface area contributed by atoms with Gasteiger partial charge in [0.15, 0.2) is 0 Å². The van der Waals surface area contributed by atoms with Crippen LogP contribution in [0.2, 0.25) is 0 Å². The van der Waals surface area contributed by atoms with Gasteiger partial charge in [-0.2, -0.15) is 0 Å². The maximum Gasteiger partial charge on any atom is 0.333 e. The van der Waals surface area contributed by atoms with Gasteiger partial charge in [0, 0.05) is 10.7 Å². The zero-order chi connectivity index (χ0) is 14.9. The number of H-pyrrole nitrogens is 1. The number of nitrogens with one attached hydrogen (secondary N) is 1. The van der Waals surface area contributed by atoms with Crippen LogP contribution < -0.4 is 5.69 Å². The first-order chi connectivity index (χ1) is 9.28. The Morgan fingerprint density at radius 3 is 2.60 bits per heavy atom. The molecule has 6 nitrogen and oxygen atoms in total. The van der Waals surface area contributed by atoms with Crippen LogP contribution in [0.1, 0.15) is 11.1 Å². The molecule has 0 fully saturated rings. The Hall–Kier alpha value is -1.73. The van der Waals surface area contributed by atoms with Crippen molar-refractivity contribution in [2.45, 2.75) is 13.3 Å². The quantitative estimate of drug-likeness (QED) is 0.831. The number of aryl methyl sites for hydroxylation is 2. The molecule has 0 radical (unpaired) electrons. The van der Waals surface area contributed by atoms with Crippen LogP contribution in [0.15, 0.2) is 29.2 Å². The van der Waals surface area contributed by atoms with Crippen molar-refractivity contribution in [3.8, 4) is 11.6 Å². The predicted octanol–water partition coefficient (Wildman–Crippen LogP) is 1.29. The lowest BCUT2D eigenvalue weighted by Crippen LogP contribution is -2.14. The number of aromatic amines is 1. The highest BCUT2D eigenvalue weighted by Crippen LogP contribution is 2.18. The first-order valence-electron chi connectivity index (χ1n) is 5.79. The zero-order valence-corrected chi connectivity index (χ0v) is 12.2. The van der Waals surface area contributed by atoms with Crippen LogP contribution in [0.3, 0.4) is 0 Å². The second-order valence-electron chi connectivity index (χ2n) is 4.39. The van der Waals surface area contributed by atoms with Gasteiger partial charge in [-0.25, -0.2) is 17.8 Å². The fraction of sp³-hybridized carbons (Fsp3) is 0.250. The second kappa shape index (κ2) is 5.34. The Balaban J connectivity index is 2.33. The molecule has 0 aliphatic heterocycles. The largest absolute Gasteiger partial charge is 0.493 e. The third kappa shape index (κ3) is 3.23. The molecule has 2 rings (SSSR count). The Bertz CT molecular complexity index is 792. The third-order valence-electron chi connectivity index (χ3n) is 2.96. The minimum Gasteiger partial charge on any atom is -0.493 e. The lowest BCUT2D eigenvalue weighted by Gasteiger charge is -2.08. The summed E-state index contributed by atoms with van der Waals surface area (Å²) in [6, 6.07) is 5.05. The van der Waals surface area contributed by atoms with Gasteiger partial charge in [0.1, 0.15) is 0 Å². The summed E-state index contributed by atoms with van der Waals surface area (Å²) in [4.78, 5) is 13.9. The third-order valence-corrected chi connectivity index (χ3v) is 4.11. The fourth-order valence-electron chi connectivity index (χ4n) is 1.94. The van der Waals surface area contributed by atoms with Crippen LogP contribution in [-0.2, 0) is 15.5 Å². The zero-order valence-electron chi connectivity index (χ0n) is 10.6. The maximum absolute atomic E-state index is 11.5. The van der Waals surface area contributed by atoms with Crippen molar-refractivity contribution in [1.29, 1.82) is 0 Å². The van der Waals surface area contributed by atoms with Crippen LogP contribution >= 0.6 is 10.7 Å². The van der Waals surface area contributed by atoms with Crippen LogP contribution in [0.4, 0.5) is 0 Å². The van der Waals surface area contributed by atoms with E-state index in [2.05, 4.69) is 4.98 Å². The van der Waals surface area contributed by atoms with Gasteiger partial charge in [0.2, 0.25) is 14.9 Å². The van der Waals surface area contributed by atoms with E-state index in [1.807, 2.05) is 0 Å². The van der Waals surface area contributed by atoms with Gasteiger partial charge in [0.25, 0.3) is 0 Å². The van der Waals surface area contributed by atoms with Crippen molar-refractivity contribution in [2.75, 3.05) is 5.75 Å². The molecule has 0 atom stereocenters. The minimum absolute atomic E-state index is 0.149. The highest BCUT2D eigenvalue weighted by molar-refractivity contribution is 8.13. The minimum atomic E-state index is -3.53. The number of halogens is 1. The van der Waals surface area contributed by atoms with E-state index >= 15 is 0 Å².